The molecule has 0 heterocycles. The maximum atomic E-state index is 10.6. The maximum Gasteiger partial charge on any atom is 0.266 e. The molecule has 19 heavy (non-hydrogen) atoms. The van der Waals surface area contributed by atoms with E-state index in [2.05, 4.69) is 26.0 Å². The van der Waals surface area contributed by atoms with E-state index in [1.807, 2.05) is 0 Å². The molecule has 1 aliphatic carbocycles. The van der Waals surface area contributed by atoms with E-state index in [-0.39, 0.29) is 12.1 Å². The normalized spacial score (nSPS) is 19.6. The highest BCUT2D eigenvalue weighted by atomic mass is 32.9. The van der Waals surface area contributed by atoms with Crippen molar-refractivity contribution in [3.05, 3.63) is 0 Å². The molecule has 1 rings (SSSR count). The van der Waals surface area contributed by atoms with Crippen LogP contribution < -0.4 is 10.6 Å². The second-order valence-corrected chi connectivity index (χ2v) is 7.00. The Kier molecular flexibility index (Phi) is 11.0. The molecule has 0 bridgehead atoms. The molecule has 1 atom stereocenters. The van der Waals surface area contributed by atoms with Crippen LogP contribution in [0, 0.1) is 0 Å². The van der Waals surface area contributed by atoms with Crippen LogP contribution in [0.25, 0.3) is 0 Å². The van der Waals surface area contributed by atoms with Crippen LogP contribution in [0.4, 0.5) is 0 Å². The molecule has 1 saturated carbocycles. The van der Waals surface area contributed by atoms with Gasteiger partial charge in [-0.25, -0.2) is 0 Å². The molecular formula is C11H26N2O4S2. The average molecular weight is 314 g/mol. The average Bonchev–Trinajstić information content (AvgIpc) is 2.32. The maximum absolute atomic E-state index is 10.6. The van der Waals surface area contributed by atoms with Crippen LogP contribution in [0.2, 0.25) is 0 Å². The van der Waals surface area contributed by atoms with Crippen LogP contribution in [-0.2, 0) is 24.4 Å². The molecule has 6 nitrogen and oxygen atoms in total. The second kappa shape index (κ2) is 10.9. The first-order valence-electron chi connectivity index (χ1n) is 6.64. The third-order valence-corrected chi connectivity index (χ3v) is 3.83. The summed E-state index contributed by atoms with van der Waals surface area (Å²) < 4.78 is 23.8. The van der Waals surface area contributed by atoms with Crippen LogP contribution in [0.1, 0.15) is 38.5 Å². The van der Waals surface area contributed by atoms with Crippen molar-refractivity contribution in [2.45, 2.75) is 44.6 Å². The van der Waals surface area contributed by atoms with E-state index in [9.17, 15) is 4.21 Å². The van der Waals surface area contributed by atoms with Crippen LogP contribution in [0.15, 0.2) is 0 Å². The lowest BCUT2D eigenvalue weighted by molar-refractivity contribution is 0.301. The minimum atomic E-state index is -3.46. The van der Waals surface area contributed by atoms with Gasteiger partial charge in [-0.2, -0.15) is 4.21 Å². The summed E-state index contributed by atoms with van der Waals surface area (Å²) in [6.45, 7) is 2.63. The Labute approximate surface area is 120 Å². The van der Waals surface area contributed by atoms with Crippen molar-refractivity contribution in [3.63, 3.8) is 0 Å². The second-order valence-electron chi connectivity index (χ2n) is 4.64. The van der Waals surface area contributed by atoms with Gasteiger partial charge in [0, 0.05) is 23.8 Å². The lowest BCUT2D eigenvalue weighted by Crippen LogP contribution is -2.33. The van der Waals surface area contributed by atoms with Crippen LogP contribution in [0.3, 0.4) is 0 Å². The van der Waals surface area contributed by atoms with Crippen molar-refractivity contribution in [2.24, 2.45) is 0 Å². The Balaban J connectivity index is 0.00000324. The van der Waals surface area contributed by atoms with E-state index in [0.717, 1.165) is 19.5 Å². The predicted octanol–water partition coefficient (Wildman–Crippen LogP) is 0.215. The zero-order chi connectivity index (χ0) is 13.3. The van der Waals surface area contributed by atoms with Gasteiger partial charge in [-0.3, -0.25) is 8.74 Å². The summed E-state index contributed by atoms with van der Waals surface area (Å²) in [5.74, 6) is 0. The molecule has 0 radical (unpaired) electrons. The first-order valence-corrected chi connectivity index (χ1v) is 9.00. The van der Waals surface area contributed by atoms with Crippen molar-refractivity contribution in [3.8, 4) is 0 Å². The Morgan fingerprint density at radius 1 is 1.21 bits per heavy atom. The zero-order valence-electron chi connectivity index (χ0n) is 11.2. The minimum absolute atomic E-state index is 0. The van der Waals surface area contributed by atoms with E-state index < -0.39 is 9.05 Å². The first-order chi connectivity index (χ1) is 8.58. The largest absolute Gasteiger partial charge is 0.412 e. The van der Waals surface area contributed by atoms with Crippen molar-refractivity contribution >= 4 is 20.2 Å². The molecule has 8 heteroatoms. The molecule has 1 fully saturated rings. The van der Waals surface area contributed by atoms with Gasteiger partial charge < -0.3 is 16.1 Å². The number of hydrogen-bond donors (Lipinski definition) is 3. The van der Waals surface area contributed by atoms with Gasteiger partial charge >= 0.3 is 0 Å². The molecule has 5 N–H and O–H groups in total. The molecule has 1 unspecified atom stereocenters. The van der Waals surface area contributed by atoms with Crippen LogP contribution >= 0.6 is 0 Å². The van der Waals surface area contributed by atoms with E-state index in [0.29, 0.717) is 12.6 Å². The number of rotatable bonds is 9. The summed E-state index contributed by atoms with van der Waals surface area (Å²) in [5.41, 5.74) is 0. The Morgan fingerprint density at radius 2 is 1.89 bits per heavy atom. The van der Waals surface area contributed by atoms with Gasteiger partial charge in [0.15, 0.2) is 0 Å². The third kappa shape index (κ3) is 11.7. The fourth-order valence-electron chi connectivity index (χ4n) is 2.17. The summed E-state index contributed by atoms with van der Waals surface area (Å²) in [5, 5.41) is 6.71. The highest BCUT2D eigenvalue weighted by Crippen LogP contribution is 2.16. The van der Waals surface area contributed by atoms with Crippen LogP contribution in [0.5, 0.6) is 0 Å². The lowest BCUT2D eigenvalue weighted by atomic mass is 9.95. The summed E-state index contributed by atoms with van der Waals surface area (Å²) in [6, 6.07) is 0.710. The van der Waals surface area contributed by atoms with Gasteiger partial charge in [0.25, 0.3) is 9.05 Å². The molecule has 0 saturated heterocycles. The highest BCUT2D eigenvalue weighted by molar-refractivity contribution is 8.27. The van der Waals surface area contributed by atoms with Crippen molar-refractivity contribution < 1.29 is 18.4 Å². The minimum Gasteiger partial charge on any atom is -0.412 e. The van der Waals surface area contributed by atoms with E-state index in [1.165, 1.54) is 32.1 Å². The fourth-order valence-corrected chi connectivity index (χ4v) is 2.67. The molecule has 116 valence electrons. The fraction of sp³-hybridized carbons (Fsp3) is 1.00. The van der Waals surface area contributed by atoms with Gasteiger partial charge in [-0.1, -0.05) is 19.3 Å². The van der Waals surface area contributed by atoms with E-state index >= 15 is 0 Å². The molecule has 0 spiro atoms. The van der Waals surface area contributed by atoms with Gasteiger partial charge in [0.05, 0.1) is 6.61 Å². The monoisotopic (exact) mass is 314 g/mol. The molecule has 0 aromatic rings. The van der Waals surface area contributed by atoms with Crippen LogP contribution in [-0.4, -0.2) is 46.5 Å². The molecular weight excluding hydrogens is 288 g/mol. The van der Waals surface area contributed by atoms with Gasteiger partial charge in [-0.05, 0) is 32.4 Å². The molecule has 0 aromatic heterocycles. The van der Waals surface area contributed by atoms with Gasteiger partial charge in [0.2, 0.25) is 0 Å². The Bertz CT molecular complexity index is 306. The third-order valence-electron chi connectivity index (χ3n) is 3.08. The summed E-state index contributed by atoms with van der Waals surface area (Å²) >= 11 is 4.20. The molecule has 0 amide bonds. The summed E-state index contributed by atoms with van der Waals surface area (Å²) in [7, 11) is -3.46. The zero-order valence-corrected chi connectivity index (χ0v) is 12.9. The van der Waals surface area contributed by atoms with Gasteiger partial charge in [0.1, 0.15) is 0 Å². The molecule has 1 aliphatic rings. The standard InChI is InChI=1S/C11H24N2O3S2.H2O/c14-18(15,17)16-10-9-12-7-4-8-13-11-5-2-1-3-6-11;/h11-13H,1-10H2,(H,14,15,17);1H2. The predicted molar refractivity (Wildman–Crippen MR) is 80.1 cm³/mol. The smallest absolute Gasteiger partial charge is 0.266 e. The molecule has 0 aromatic carbocycles. The van der Waals surface area contributed by atoms with Gasteiger partial charge in [-0.15, -0.1) is 0 Å². The number of nitrogens with one attached hydrogen (secondary N) is 2. The quantitative estimate of drug-likeness (QED) is 0.526. The first kappa shape index (κ1) is 19.2. The van der Waals surface area contributed by atoms with E-state index in [4.69, 9.17) is 4.55 Å². The highest BCUT2D eigenvalue weighted by Gasteiger charge is 2.11. The van der Waals surface area contributed by atoms with E-state index in [1.54, 1.807) is 0 Å². The van der Waals surface area contributed by atoms with Crippen molar-refractivity contribution in [1.82, 2.24) is 10.6 Å². The Hall–Kier alpha value is 0.170. The summed E-state index contributed by atoms with van der Waals surface area (Å²) in [4.78, 5) is 0. The molecule has 0 aliphatic heterocycles. The SMILES string of the molecule is O.O=S(O)(=S)OCCNCCCNC1CCCCC1. The number of hydrogen-bond acceptors (Lipinski definition) is 5. The Morgan fingerprint density at radius 3 is 2.53 bits per heavy atom. The lowest BCUT2D eigenvalue weighted by Gasteiger charge is -2.22. The van der Waals surface area contributed by atoms with Crippen molar-refractivity contribution in [2.75, 3.05) is 26.2 Å². The summed E-state index contributed by atoms with van der Waals surface area (Å²) in [6.07, 6.45) is 7.77. The topological polar surface area (TPSA) is 102 Å². The van der Waals surface area contributed by atoms with Crippen molar-refractivity contribution in [1.29, 1.82) is 0 Å².